The van der Waals surface area contributed by atoms with Crippen LogP contribution in [0.3, 0.4) is 0 Å². The van der Waals surface area contributed by atoms with Gasteiger partial charge in [0.2, 0.25) is 5.91 Å². The van der Waals surface area contributed by atoms with Gasteiger partial charge in [0.05, 0.1) is 17.9 Å². The lowest BCUT2D eigenvalue weighted by Gasteiger charge is -2.22. The van der Waals surface area contributed by atoms with Crippen LogP contribution in [0.2, 0.25) is 0 Å². The minimum absolute atomic E-state index is 0.256. The first-order valence-corrected chi connectivity index (χ1v) is 20.6. The number of carbonyl (C=O) groups excluding carboxylic acids is 1. The highest BCUT2D eigenvalue weighted by atomic mass is 32.2. The maximum Gasteiger partial charge on any atom is 0.267 e. The van der Waals surface area contributed by atoms with Gasteiger partial charge in [-0.25, -0.2) is 0 Å². The quantitative estimate of drug-likeness (QED) is 0.0311. The predicted octanol–water partition coefficient (Wildman–Crippen LogP) is 9.71. The molecule has 0 radical (unpaired) electrons. The molecule has 0 aliphatic carbocycles. The van der Waals surface area contributed by atoms with Gasteiger partial charge in [0.1, 0.15) is 6.10 Å². The van der Waals surface area contributed by atoms with Crippen molar-refractivity contribution in [2.24, 2.45) is 0 Å². The molecule has 1 amide bonds. The Bertz CT molecular complexity index is 943. The second-order valence-electron chi connectivity index (χ2n) is 13.0. The average Bonchev–Trinajstić information content (AvgIpc) is 3.03. The Hall–Kier alpha value is -1.74. The summed E-state index contributed by atoms with van der Waals surface area (Å²) in [4.78, 5) is 12.5. The number of aliphatic hydroxyl groups is 2. The Balaban J connectivity index is 4.21. The van der Waals surface area contributed by atoms with E-state index in [1.54, 1.807) is 6.08 Å². The summed E-state index contributed by atoms with van der Waals surface area (Å²) in [6, 6.07) is -1.26. The summed E-state index contributed by atoms with van der Waals surface area (Å²) in [6.07, 6.45) is 40.2. The third-order valence-electron chi connectivity index (χ3n) is 8.31. The highest BCUT2D eigenvalue weighted by molar-refractivity contribution is 7.85. The van der Waals surface area contributed by atoms with E-state index < -0.39 is 40.0 Å². The Kier molecular flexibility index (Phi) is 31.6. The Morgan fingerprint density at radius 3 is 1.40 bits per heavy atom. The SMILES string of the molecule is CCCCCCC/C=C/CC/C=C/CC/C=C/C(O)C(CS(=O)(=O)O)NC(=O)C(O)CCCCCC/C=C\CCCCCCCCC. The van der Waals surface area contributed by atoms with Crippen molar-refractivity contribution >= 4 is 16.0 Å². The predicted molar refractivity (Wildman–Crippen MR) is 199 cm³/mol. The van der Waals surface area contributed by atoms with Crippen LogP contribution in [-0.2, 0) is 14.9 Å². The fraction of sp³-hybridized carbons (Fsp3) is 0.769. The van der Waals surface area contributed by atoms with E-state index in [-0.39, 0.29) is 6.42 Å². The van der Waals surface area contributed by atoms with Gasteiger partial charge >= 0.3 is 0 Å². The van der Waals surface area contributed by atoms with E-state index >= 15 is 0 Å². The van der Waals surface area contributed by atoms with E-state index in [1.165, 1.54) is 83.1 Å². The number of allylic oxidation sites excluding steroid dienone is 7. The second kappa shape index (κ2) is 32.8. The van der Waals surface area contributed by atoms with Gasteiger partial charge in [0.25, 0.3) is 10.1 Å². The van der Waals surface area contributed by atoms with Gasteiger partial charge in [0.15, 0.2) is 0 Å². The van der Waals surface area contributed by atoms with Crippen molar-refractivity contribution in [2.75, 3.05) is 5.75 Å². The van der Waals surface area contributed by atoms with E-state index in [9.17, 15) is 28.0 Å². The molecular formula is C39H71NO6S. The van der Waals surface area contributed by atoms with Crippen LogP contribution in [-0.4, -0.2) is 53.1 Å². The smallest absolute Gasteiger partial charge is 0.267 e. The highest BCUT2D eigenvalue weighted by Crippen LogP contribution is 2.12. The molecule has 0 aliphatic rings. The maximum atomic E-state index is 12.5. The number of hydrogen-bond donors (Lipinski definition) is 4. The summed E-state index contributed by atoms with van der Waals surface area (Å²) in [5.74, 6) is -1.58. The first kappa shape index (κ1) is 45.3. The van der Waals surface area contributed by atoms with Crippen LogP contribution in [0.4, 0.5) is 0 Å². The van der Waals surface area contributed by atoms with Crippen LogP contribution in [0, 0.1) is 0 Å². The highest BCUT2D eigenvalue weighted by Gasteiger charge is 2.27. The molecule has 0 aromatic carbocycles. The Labute approximate surface area is 289 Å². The van der Waals surface area contributed by atoms with Gasteiger partial charge in [-0.2, -0.15) is 8.42 Å². The first-order chi connectivity index (χ1) is 22.7. The van der Waals surface area contributed by atoms with Crippen molar-refractivity contribution in [1.82, 2.24) is 5.32 Å². The third-order valence-corrected chi connectivity index (χ3v) is 9.09. The molecule has 0 heterocycles. The number of unbranched alkanes of at least 4 members (excludes halogenated alkanes) is 18. The molecule has 4 N–H and O–H groups in total. The summed E-state index contributed by atoms with van der Waals surface area (Å²) in [7, 11) is -4.46. The van der Waals surface area contributed by atoms with E-state index in [2.05, 4.69) is 55.6 Å². The Morgan fingerprint density at radius 2 is 0.957 bits per heavy atom. The zero-order chi connectivity index (χ0) is 34.9. The van der Waals surface area contributed by atoms with Gasteiger partial charge in [-0.1, -0.05) is 146 Å². The van der Waals surface area contributed by atoms with Crippen molar-refractivity contribution in [3.05, 3.63) is 48.6 Å². The van der Waals surface area contributed by atoms with Crippen molar-refractivity contribution < 1.29 is 28.0 Å². The molecule has 0 fully saturated rings. The van der Waals surface area contributed by atoms with Crippen molar-refractivity contribution in [1.29, 1.82) is 0 Å². The van der Waals surface area contributed by atoms with Gasteiger partial charge < -0.3 is 15.5 Å². The van der Waals surface area contributed by atoms with E-state index in [0.29, 0.717) is 12.8 Å². The largest absolute Gasteiger partial charge is 0.387 e. The summed E-state index contributed by atoms with van der Waals surface area (Å²) >= 11 is 0. The van der Waals surface area contributed by atoms with Gasteiger partial charge in [-0.3, -0.25) is 9.35 Å². The average molecular weight is 682 g/mol. The molecule has 0 aromatic rings. The molecular weight excluding hydrogens is 610 g/mol. The summed E-state index contributed by atoms with van der Waals surface area (Å²) in [5.41, 5.74) is 0. The molecule has 274 valence electrons. The molecule has 7 nitrogen and oxygen atoms in total. The first-order valence-electron chi connectivity index (χ1n) is 18.9. The minimum atomic E-state index is -4.46. The van der Waals surface area contributed by atoms with Crippen LogP contribution < -0.4 is 5.32 Å². The van der Waals surface area contributed by atoms with Crippen LogP contribution >= 0.6 is 0 Å². The maximum absolute atomic E-state index is 12.5. The number of nitrogens with one attached hydrogen (secondary N) is 1. The summed E-state index contributed by atoms with van der Waals surface area (Å²) < 4.78 is 32.4. The number of hydrogen-bond acceptors (Lipinski definition) is 5. The molecule has 0 aromatic heterocycles. The Morgan fingerprint density at radius 1 is 0.574 bits per heavy atom. The van der Waals surface area contributed by atoms with Crippen LogP contribution in [0.5, 0.6) is 0 Å². The van der Waals surface area contributed by atoms with E-state index in [4.69, 9.17) is 0 Å². The topological polar surface area (TPSA) is 124 Å². The lowest BCUT2D eigenvalue weighted by molar-refractivity contribution is -0.130. The fourth-order valence-corrected chi connectivity index (χ4v) is 6.10. The van der Waals surface area contributed by atoms with E-state index in [0.717, 1.165) is 57.8 Å². The molecule has 0 aliphatic heterocycles. The monoisotopic (exact) mass is 682 g/mol. The zero-order valence-corrected chi connectivity index (χ0v) is 30.8. The van der Waals surface area contributed by atoms with Crippen LogP contribution in [0.1, 0.15) is 168 Å². The number of carbonyl (C=O) groups is 1. The van der Waals surface area contributed by atoms with Gasteiger partial charge in [-0.05, 0) is 70.6 Å². The van der Waals surface area contributed by atoms with Crippen molar-refractivity contribution in [2.45, 2.75) is 186 Å². The molecule has 0 saturated carbocycles. The second-order valence-corrected chi connectivity index (χ2v) is 14.5. The van der Waals surface area contributed by atoms with E-state index in [1.807, 2.05) is 0 Å². The molecule has 0 rings (SSSR count). The van der Waals surface area contributed by atoms with Crippen molar-refractivity contribution in [3.8, 4) is 0 Å². The third kappa shape index (κ3) is 32.6. The normalized spacial score (nSPS) is 14.6. The molecule has 0 bridgehead atoms. The summed E-state index contributed by atoms with van der Waals surface area (Å²) in [6.45, 7) is 4.47. The minimum Gasteiger partial charge on any atom is -0.387 e. The number of amides is 1. The zero-order valence-electron chi connectivity index (χ0n) is 30.0. The molecule has 47 heavy (non-hydrogen) atoms. The fourth-order valence-electron chi connectivity index (χ4n) is 5.36. The lowest BCUT2D eigenvalue weighted by Crippen LogP contribution is -2.50. The molecule has 0 saturated heterocycles. The standard InChI is InChI=1S/C39H71NO6S/c1-3-5-7-9-11-13-15-17-19-21-23-25-27-29-31-33-37(41)36(35-47(44,45)46)40-39(43)38(42)34-32-30-28-26-24-22-20-18-16-14-12-10-8-6-4-2/h15,17,20,22-23,25,31,33,36-38,41-42H,3-14,16,18-19,21,24,26-30,32,34-35H2,1-2H3,(H,40,43)(H,44,45,46)/b17-15+,22-20-,25-23+,33-31+. The summed E-state index contributed by atoms with van der Waals surface area (Å²) in [5, 5.41) is 23.3. The molecule has 0 spiro atoms. The van der Waals surface area contributed by atoms with Gasteiger partial charge in [0, 0.05) is 0 Å². The number of rotatable bonds is 33. The molecule has 3 unspecified atom stereocenters. The molecule has 3 atom stereocenters. The van der Waals surface area contributed by atoms with Crippen LogP contribution in [0.25, 0.3) is 0 Å². The molecule has 8 heteroatoms. The lowest BCUT2D eigenvalue weighted by atomic mass is 10.1. The van der Waals surface area contributed by atoms with Crippen molar-refractivity contribution in [3.63, 3.8) is 0 Å². The number of aliphatic hydroxyl groups excluding tert-OH is 2. The van der Waals surface area contributed by atoms with Gasteiger partial charge in [-0.15, -0.1) is 0 Å². The van der Waals surface area contributed by atoms with Crippen LogP contribution in [0.15, 0.2) is 48.6 Å².